The summed E-state index contributed by atoms with van der Waals surface area (Å²) in [6.45, 7) is -0.535. The highest BCUT2D eigenvalue weighted by molar-refractivity contribution is 7.90. The zero-order valence-electron chi connectivity index (χ0n) is 13.2. The number of carboxylic acids is 1. The molecule has 1 aromatic rings. The molecular formula is C12H10F6N4O5S. The number of benzene rings is 1. The van der Waals surface area contributed by atoms with E-state index in [0.29, 0.717) is 0 Å². The summed E-state index contributed by atoms with van der Waals surface area (Å²) in [5, 5.41) is 13.1. The van der Waals surface area contributed by atoms with Crippen LogP contribution in [0, 0.1) is 0 Å². The Morgan fingerprint density at radius 1 is 1.07 bits per heavy atom. The average Bonchev–Trinajstić information content (AvgIpc) is 3.35. The average molecular weight is 436 g/mol. The van der Waals surface area contributed by atoms with Gasteiger partial charge in [-0.2, -0.15) is 26.3 Å². The van der Waals surface area contributed by atoms with Gasteiger partial charge in [0.05, 0.1) is 11.4 Å². The molecule has 0 bridgehead atoms. The van der Waals surface area contributed by atoms with E-state index in [4.69, 9.17) is 15.6 Å². The first kappa shape index (κ1) is 23.3. The van der Waals surface area contributed by atoms with E-state index < -0.39 is 46.5 Å². The van der Waals surface area contributed by atoms with Gasteiger partial charge in [-0.05, 0) is 12.1 Å². The highest BCUT2D eigenvalue weighted by Gasteiger charge is 2.65. The lowest BCUT2D eigenvalue weighted by molar-refractivity contribution is -0.192. The molecule has 16 heteroatoms. The predicted molar refractivity (Wildman–Crippen MR) is 77.1 cm³/mol. The number of halogens is 6. The summed E-state index contributed by atoms with van der Waals surface area (Å²) >= 11 is 0. The standard InChI is InChI=1S/C10H9F3N4O3S.C2HF3O2/c11-10(12,13)9(16-17-9)6-1-3-7(4-2-6)21(19,20)15-8(18)5-14;3-2(4,5)1(6)7/h1-4H,5,14H2,(H,15,18);(H,6,7). The lowest BCUT2D eigenvalue weighted by Gasteiger charge is -2.15. The molecule has 0 unspecified atom stereocenters. The minimum atomic E-state index is -5.08. The Bertz CT molecular complexity index is 873. The van der Waals surface area contributed by atoms with E-state index in [1.54, 1.807) is 4.72 Å². The zero-order chi connectivity index (χ0) is 22.0. The van der Waals surface area contributed by atoms with Crippen molar-refractivity contribution in [3.8, 4) is 0 Å². The van der Waals surface area contributed by atoms with Crippen LogP contribution in [0.3, 0.4) is 0 Å². The van der Waals surface area contributed by atoms with Crippen LogP contribution in [0.25, 0.3) is 0 Å². The Morgan fingerprint density at radius 3 is 1.79 bits per heavy atom. The maximum atomic E-state index is 12.8. The minimum Gasteiger partial charge on any atom is -0.475 e. The van der Waals surface area contributed by atoms with Crippen LogP contribution in [0.5, 0.6) is 0 Å². The van der Waals surface area contributed by atoms with Crippen LogP contribution in [0.4, 0.5) is 26.3 Å². The number of nitrogens with one attached hydrogen (secondary N) is 1. The summed E-state index contributed by atoms with van der Waals surface area (Å²) in [5.41, 5.74) is 2.05. The number of carboxylic acid groups (broad SMARTS) is 1. The molecule has 1 aliphatic rings. The van der Waals surface area contributed by atoms with Gasteiger partial charge < -0.3 is 10.8 Å². The number of hydrogen-bond acceptors (Lipinski definition) is 7. The molecule has 0 atom stereocenters. The third-order valence-electron chi connectivity index (χ3n) is 2.94. The van der Waals surface area contributed by atoms with Gasteiger partial charge in [-0.15, -0.1) is 10.2 Å². The quantitative estimate of drug-likeness (QED) is 0.605. The van der Waals surface area contributed by atoms with Gasteiger partial charge in [0.25, 0.3) is 10.0 Å². The first-order valence-electron chi connectivity index (χ1n) is 6.74. The Balaban J connectivity index is 0.000000480. The van der Waals surface area contributed by atoms with Crippen LogP contribution in [0.2, 0.25) is 0 Å². The van der Waals surface area contributed by atoms with Crippen molar-refractivity contribution in [1.82, 2.24) is 4.72 Å². The van der Waals surface area contributed by atoms with Crippen molar-refractivity contribution in [2.45, 2.75) is 22.9 Å². The number of sulfonamides is 1. The number of hydrogen-bond donors (Lipinski definition) is 3. The van der Waals surface area contributed by atoms with E-state index in [2.05, 4.69) is 10.2 Å². The fraction of sp³-hybridized carbons (Fsp3) is 0.333. The minimum absolute atomic E-state index is 0.306. The van der Waals surface area contributed by atoms with Crippen LogP contribution in [-0.2, 0) is 25.3 Å². The Hall–Kier alpha value is -2.75. The second kappa shape index (κ2) is 7.70. The largest absolute Gasteiger partial charge is 0.490 e. The number of aliphatic carboxylic acids is 1. The molecule has 0 aliphatic carbocycles. The second-order valence-electron chi connectivity index (χ2n) is 4.93. The van der Waals surface area contributed by atoms with Crippen molar-refractivity contribution in [1.29, 1.82) is 0 Å². The van der Waals surface area contributed by atoms with Crippen molar-refractivity contribution in [2.75, 3.05) is 6.54 Å². The van der Waals surface area contributed by atoms with Gasteiger partial charge in [-0.3, -0.25) is 4.79 Å². The number of nitrogens with zero attached hydrogens (tertiary/aromatic N) is 2. The summed E-state index contributed by atoms with van der Waals surface area (Å²) in [4.78, 5) is 19.5. The van der Waals surface area contributed by atoms with Gasteiger partial charge in [-0.25, -0.2) is 17.9 Å². The smallest absolute Gasteiger partial charge is 0.475 e. The molecular weight excluding hydrogens is 426 g/mol. The van der Waals surface area contributed by atoms with Gasteiger partial charge >= 0.3 is 24.0 Å². The number of amides is 1. The molecule has 28 heavy (non-hydrogen) atoms. The lowest BCUT2D eigenvalue weighted by atomic mass is 10.0. The second-order valence-corrected chi connectivity index (χ2v) is 6.61. The molecule has 0 fully saturated rings. The van der Waals surface area contributed by atoms with Crippen LogP contribution >= 0.6 is 0 Å². The van der Waals surface area contributed by atoms with Gasteiger partial charge in [0, 0.05) is 5.56 Å². The summed E-state index contributed by atoms with van der Waals surface area (Å²) in [7, 11) is -4.17. The van der Waals surface area contributed by atoms with Crippen LogP contribution in [-0.4, -0.2) is 44.3 Å². The molecule has 9 nitrogen and oxygen atoms in total. The number of rotatable bonds is 4. The summed E-state index contributed by atoms with van der Waals surface area (Å²) < 4.78 is 95.1. The Kier molecular flexibility index (Phi) is 6.41. The normalized spacial score (nSPS) is 15.2. The maximum absolute atomic E-state index is 12.8. The van der Waals surface area contributed by atoms with E-state index in [9.17, 15) is 39.6 Å². The molecule has 0 radical (unpaired) electrons. The first-order chi connectivity index (χ1) is 12.6. The molecule has 2 rings (SSSR count). The molecule has 1 heterocycles. The maximum Gasteiger partial charge on any atom is 0.490 e. The summed E-state index contributed by atoms with van der Waals surface area (Å²) in [6.07, 6.45) is -9.78. The van der Waals surface area contributed by atoms with Crippen molar-refractivity contribution < 1.29 is 49.5 Å². The molecule has 0 spiro atoms. The molecule has 1 aliphatic heterocycles. The summed E-state index contributed by atoms with van der Waals surface area (Å²) in [5.74, 6) is -3.69. The highest BCUT2D eigenvalue weighted by atomic mass is 32.2. The number of carbonyl (C=O) groups is 2. The molecule has 1 amide bonds. The van der Waals surface area contributed by atoms with E-state index in [1.165, 1.54) is 0 Å². The van der Waals surface area contributed by atoms with Crippen LogP contribution < -0.4 is 10.5 Å². The molecule has 4 N–H and O–H groups in total. The van der Waals surface area contributed by atoms with Crippen molar-refractivity contribution >= 4 is 21.9 Å². The number of alkyl halides is 6. The van der Waals surface area contributed by atoms with Crippen molar-refractivity contribution in [2.24, 2.45) is 16.0 Å². The topological polar surface area (TPSA) is 151 Å². The van der Waals surface area contributed by atoms with Crippen LogP contribution in [0.1, 0.15) is 5.56 Å². The number of carbonyl (C=O) groups excluding carboxylic acids is 1. The van der Waals surface area contributed by atoms with E-state index in [1.807, 2.05) is 0 Å². The van der Waals surface area contributed by atoms with Gasteiger partial charge in [0.2, 0.25) is 5.91 Å². The SMILES string of the molecule is NCC(=O)NS(=O)(=O)c1ccc(C2(C(F)(F)F)N=N2)cc1.O=C(O)C(F)(F)F. The monoisotopic (exact) mass is 436 g/mol. The highest BCUT2D eigenvalue weighted by Crippen LogP contribution is 2.52. The predicted octanol–water partition coefficient (Wildman–Crippen LogP) is 1.26. The van der Waals surface area contributed by atoms with Crippen molar-refractivity contribution in [3.05, 3.63) is 29.8 Å². The lowest BCUT2D eigenvalue weighted by Crippen LogP contribution is -2.35. The third kappa shape index (κ3) is 5.38. The van der Waals surface area contributed by atoms with Crippen LogP contribution in [0.15, 0.2) is 39.4 Å². The van der Waals surface area contributed by atoms with E-state index in [-0.39, 0.29) is 10.5 Å². The van der Waals surface area contributed by atoms with E-state index in [0.717, 1.165) is 24.3 Å². The van der Waals surface area contributed by atoms with Gasteiger partial charge in [0.15, 0.2) is 0 Å². The molecule has 0 aromatic heterocycles. The molecule has 1 aromatic carbocycles. The first-order valence-corrected chi connectivity index (χ1v) is 8.22. The third-order valence-corrected chi connectivity index (χ3v) is 4.33. The molecule has 0 saturated heterocycles. The fourth-order valence-corrected chi connectivity index (χ4v) is 2.55. The molecule has 156 valence electrons. The van der Waals surface area contributed by atoms with Gasteiger partial charge in [-0.1, -0.05) is 12.1 Å². The Labute approximate surface area is 152 Å². The number of nitrogens with two attached hydrogens (primary N) is 1. The Morgan fingerprint density at radius 2 is 1.50 bits per heavy atom. The zero-order valence-corrected chi connectivity index (χ0v) is 14.1. The van der Waals surface area contributed by atoms with E-state index >= 15 is 0 Å². The van der Waals surface area contributed by atoms with Crippen molar-refractivity contribution in [3.63, 3.8) is 0 Å². The summed E-state index contributed by atoms with van der Waals surface area (Å²) in [6, 6.07) is 3.74. The van der Waals surface area contributed by atoms with Gasteiger partial charge in [0.1, 0.15) is 0 Å². The molecule has 0 saturated carbocycles. The fourth-order valence-electron chi connectivity index (χ4n) is 1.56.